The molecule has 1 aromatic carbocycles. The number of nitrogens with zero attached hydrogens (tertiary/aromatic N) is 5. The Bertz CT molecular complexity index is 1180. The molecule has 4 aromatic rings. The van der Waals surface area contributed by atoms with Crippen LogP contribution < -0.4 is 4.90 Å². The van der Waals surface area contributed by atoms with Crippen LogP contribution in [-0.4, -0.2) is 31.7 Å². The summed E-state index contributed by atoms with van der Waals surface area (Å²) in [5.74, 6) is 1.25. The fraction of sp³-hybridized carbons (Fsp3) is 0.273. The van der Waals surface area contributed by atoms with E-state index in [0.29, 0.717) is 17.5 Å². The lowest BCUT2D eigenvalue weighted by atomic mass is 10.1. The summed E-state index contributed by atoms with van der Waals surface area (Å²) < 4.78 is 7.21. The van der Waals surface area contributed by atoms with E-state index in [-0.39, 0.29) is 12.3 Å². The predicted octanol–water partition coefficient (Wildman–Crippen LogP) is 4.14. The van der Waals surface area contributed by atoms with Crippen molar-refractivity contribution in [2.24, 2.45) is 0 Å². The number of carbonyl (C=O) groups is 1. The highest BCUT2D eigenvalue weighted by Crippen LogP contribution is 2.22. The Balaban J connectivity index is 1.69. The van der Waals surface area contributed by atoms with Crippen LogP contribution in [0.2, 0.25) is 0 Å². The van der Waals surface area contributed by atoms with E-state index in [9.17, 15) is 4.79 Å². The van der Waals surface area contributed by atoms with Crippen LogP contribution in [0.15, 0.2) is 52.2 Å². The molecule has 0 unspecified atom stereocenters. The van der Waals surface area contributed by atoms with E-state index >= 15 is 0 Å². The Labute approximate surface area is 179 Å². The number of aromatic nitrogens is 4. The molecule has 0 fully saturated rings. The van der Waals surface area contributed by atoms with Gasteiger partial charge in [-0.2, -0.15) is 4.98 Å². The van der Waals surface area contributed by atoms with Gasteiger partial charge < -0.3 is 9.32 Å². The van der Waals surface area contributed by atoms with Gasteiger partial charge in [-0.3, -0.25) is 4.79 Å². The molecular weight excluding hydrogens is 398 g/mol. The maximum Gasteiger partial charge on any atom is 0.253 e. The molecule has 0 aliphatic heterocycles. The third kappa shape index (κ3) is 3.95. The molecule has 0 saturated carbocycles. The van der Waals surface area contributed by atoms with Crippen molar-refractivity contribution < 1.29 is 9.21 Å². The molecule has 0 N–H and O–H groups in total. The van der Waals surface area contributed by atoms with Gasteiger partial charge in [0.25, 0.3) is 5.78 Å². The molecule has 0 radical (unpaired) electrons. The number of amides is 1. The standard InChI is InChI=1S/C22H23N5O2S/c1-14-7-9-17(10-8-14)26(13-18-6-5-11-29-18)20(28)12-19-15(2)23-21-24-22(30-4)25-27(21)16(19)3/h5-11H,12-13H2,1-4H3. The van der Waals surface area contributed by atoms with Crippen molar-refractivity contribution in [1.29, 1.82) is 0 Å². The zero-order chi connectivity index (χ0) is 21.3. The molecule has 0 saturated heterocycles. The fourth-order valence-electron chi connectivity index (χ4n) is 3.39. The molecule has 8 heteroatoms. The molecule has 0 aliphatic carbocycles. The number of furan rings is 1. The number of rotatable bonds is 6. The SMILES string of the molecule is CSc1nc2nc(C)c(CC(=O)N(Cc3ccco3)c3ccc(C)cc3)c(C)n2n1. The van der Waals surface area contributed by atoms with Gasteiger partial charge in [0, 0.05) is 22.6 Å². The quantitative estimate of drug-likeness (QED) is 0.436. The molecular formula is C22H23N5O2S. The van der Waals surface area contributed by atoms with Crippen molar-refractivity contribution in [3.05, 3.63) is 70.9 Å². The van der Waals surface area contributed by atoms with Crippen molar-refractivity contribution in [2.75, 3.05) is 11.2 Å². The number of hydrogen-bond acceptors (Lipinski definition) is 6. The zero-order valence-corrected chi connectivity index (χ0v) is 18.2. The molecule has 3 heterocycles. The van der Waals surface area contributed by atoms with Gasteiger partial charge in [0.15, 0.2) is 0 Å². The van der Waals surface area contributed by atoms with Crippen molar-refractivity contribution in [2.45, 2.75) is 38.9 Å². The van der Waals surface area contributed by atoms with E-state index in [1.807, 2.05) is 63.4 Å². The van der Waals surface area contributed by atoms with Crippen LogP contribution in [0, 0.1) is 20.8 Å². The molecule has 30 heavy (non-hydrogen) atoms. The van der Waals surface area contributed by atoms with Crippen molar-refractivity contribution >= 4 is 29.1 Å². The smallest absolute Gasteiger partial charge is 0.253 e. The maximum absolute atomic E-state index is 13.4. The average molecular weight is 422 g/mol. The summed E-state index contributed by atoms with van der Waals surface area (Å²) in [5.41, 5.74) is 4.50. The van der Waals surface area contributed by atoms with Gasteiger partial charge in [-0.15, -0.1) is 5.10 Å². The zero-order valence-electron chi connectivity index (χ0n) is 17.4. The van der Waals surface area contributed by atoms with E-state index in [1.165, 1.54) is 11.8 Å². The lowest BCUT2D eigenvalue weighted by Gasteiger charge is -2.23. The highest BCUT2D eigenvalue weighted by Gasteiger charge is 2.22. The molecule has 0 atom stereocenters. The van der Waals surface area contributed by atoms with Crippen LogP contribution in [0.5, 0.6) is 0 Å². The minimum absolute atomic E-state index is 0.0344. The maximum atomic E-state index is 13.4. The second kappa shape index (κ2) is 8.31. The summed E-state index contributed by atoms with van der Waals surface area (Å²) in [6.45, 7) is 6.25. The van der Waals surface area contributed by atoms with Gasteiger partial charge in [-0.25, -0.2) is 9.50 Å². The minimum atomic E-state index is -0.0344. The molecule has 0 aliphatic rings. The highest BCUT2D eigenvalue weighted by molar-refractivity contribution is 7.98. The summed E-state index contributed by atoms with van der Waals surface area (Å²) >= 11 is 1.47. The number of benzene rings is 1. The number of thioether (sulfide) groups is 1. The van der Waals surface area contributed by atoms with Gasteiger partial charge in [0.1, 0.15) is 5.76 Å². The third-order valence-electron chi connectivity index (χ3n) is 5.08. The first-order valence-electron chi connectivity index (χ1n) is 9.62. The predicted molar refractivity (Wildman–Crippen MR) is 117 cm³/mol. The number of hydrogen-bond donors (Lipinski definition) is 0. The Morgan fingerprint density at radius 1 is 1.13 bits per heavy atom. The summed E-state index contributed by atoms with van der Waals surface area (Å²) in [6.07, 6.45) is 3.76. The van der Waals surface area contributed by atoms with Crippen LogP contribution in [0.4, 0.5) is 5.69 Å². The van der Waals surface area contributed by atoms with Crippen LogP contribution in [-0.2, 0) is 17.8 Å². The van der Waals surface area contributed by atoms with E-state index in [0.717, 1.165) is 34.0 Å². The Morgan fingerprint density at radius 2 is 1.90 bits per heavy atom. The highest BCUT2D eigenvalue weighted by atomic mass is 32.2. The van der Waals surface area contributed by atoms with Gasteiger partial charge in [0.2, 0.25) is 11.1 Å². The van der Waals surface area contributed by atoms with E-state index < -0.39 is 0 Å². The van der Waals surface area contributed by atoms with Crippen LogP contribution in [0.25, 0.3) is 5.78 Å². The number of aryl methyl sites for hydroxylation is 3. The van der Waals surface area contributed by atoms with Gasteiger partial charge >= 0.3 is 0 Å². The average Bonchev–Trinajstić information content (AvgIpc) is 3.39. The number of fused-ring (bicyclic) bond motifs is 1. The third-order valence-corrected chi connectivity index (χ3v) is 5.62. The molecule has 3 aromatic heterocycles. The molecule has 0 bridgehead atoms. The second-order valence-corrected chi connectivity index (χ2v) is 7.92. The van der Waals surface area contributed by atoms with Crippen molar-refractivity contribution in [3.63, 3.8) is 0 Å². The van der Waals surface area contributed by atoms with E-state index in [2.05, 4.69) is 15.1 Å². The normalized spacial score (nSPS) is 11.2. The monoisotopic (exact) mass is 421 g/mol. The van der Waals surface area contributed by atoms with Crippen LogP contribution in [0.1, 0.15) is 28.3 Å². The number of carbonyl (C=O) groups excluding carboxylic acids is 1. The Morgan fingerprint density at radius 3 is 2.57 bits per heavy atom. The topological polar surface area (TPSA) is 76.5 Å². The van der Waals surface area contributed by atoms with Gasteiger partial charge in [0.05, 0.1) is 19.2 Å². The molecule has 0 spiro atoms. The lowest BCUT2D eigenvalue weighted by Crippen LogP contribution is -2.32. The lowest BCUT2D eigenvalue weighted by molar-refractivity contribution is -0.118. The van der Waals surface area contributed by atoms with Crippen LogP contribution >= 0.6 is 11.8 Å². The van der Waals surface area contributed by atoms with Crippen molar-refractivity contribution in [1.82, 2.24) is 19.6 Å². The van der Waals surface area contributed by atoms with Crippen molar-refractivity contribution in [3.8, 4) is 0 Å². The first-order chi connectivity index (χ1) is 14.5. The van der Waals surface area contributed by atoms with Gasteiger partial charge in [-0.1, -0.05) is 29.5 Å². The Hall–Kier alpha value is -3.13. The second-order valence-electron chi connectivity index (χ2n) is 7.14. The molecule has 7 nitrogen and oxygen atoms in total. The Kier molecular flexibility index (Phi) is 5.59. The van der Waals surface area contributed by atoms with E-state index in [4.69, 9.17) is 4.42 Å². The molecule has 154 valence electrons. The minimum Gasteiger partial charge on any atom is -0.467 e. The first-order valence-corrected chi connectivity index (χ1v) is 10.8. The summed E-state index contributed by atoms with van der Waals surface area (Å²) in [4.78, 5) is 24.2. The summed E-state index contributed by atoms with van der Waals surface area (Å²) in [5, 5.41) is 5.14. The van der Waals surface area contributed by atoms with Crippen LogP contribution in [0.3, 0.4) is 0 Å². The summed E-state index contributed by atoms with van der Waals surface area (Å²) in [7, 11) is 0. The summed E-state index contributed by atoms with van der Waals surface area (Å²) in [6, 6.07) is 11.6. The number of anilines is 1. The van der Waals surface area contributed by atoms with E-state index in [1.54, 1.807) is 15.7 Å². The first kappa shape index (κ1) is 20.2. The molecule has 4 rings (SSSR count). The largest absolute Gasteiger partial charge is 0.467 e. The fourth-order valence-corrected chi connectivity index (χ4v) is 3.72. The molecule has 1 amide bonds. The van der Waals surface area contributed by atoms with Gasteiger partial charge in [-0.05, 0) is 51.3 Å².